The van der Waals surface area contributed by atoms with Gasteiger partial charge in [-0.05, 0) is 37.5 Å². The number of aliphatic imine (C=N–C) groups is 1. The van der Waals surface area contributed by atoms with Crippen molar-refractivity contribution in [2.75, 3.05) is 20.1 Å². The van der Waals surface area contributed by atoms with Gasteiger partial charge < -0.3 is 19.9 Å². The van der Waals surface area contributed by atoms with E-state index in [1.807, 2.05) is 13.0 Å². The molecule has 0 aliphatic heterocycles. The van der Waals surface area contributed by atoms with Crippen molar-refractivity contribution in [3.63, 3.8) is 0 Å². The molecule has 0 spiro atoms. The molecule has 1 heterocycles. The van der Waals surface area contributed by atoms with Gasteiger partial charge in [-0.3, -0.25) is 9.79 Å². The van der Waals surface area contributed by atoms with Crippen LogP contribution in [0.2, 0.25) is 0 Å². The molecule has 0 aliphatic rings. The number of hydrogen-bond acceptors (Lipinski definition) is 3. The van der Waals surface area contributed by atoms with Gasteiger partial charge >= 0.3 is 0 Å². The minimum Gasteiger partial charge on any atom is -0.489 e. The standard InChI is InChI=1S/C21H29FN4O2.HI/c1-3-18(28-19-10-8-9-17(22)15-19)16-25-21(23-2)24-12-5-7-14-26-13-6-4-11-20(26)27;/h4,6,8-11,13,15,18H,3,5,7,12,14,16H2,1-2H3,(H2,23,24,25);1H. The monoisotopic (exact) mass is 516 g/mol. The summed E-state index contributed by atoms with van der Waals surface area (Å²) in [6.45, 7) is 4.04. The third-order valence-electron chi connectivity index (χ3n) is 4.29. The van der Waals surface area contributed by atoms with Crippen LogP contribution in [0.3, 0.4) is 0 Å². The lowest BCUT2D eigenvalue weighted by molar-refractivity contribution is 0.199. The van der Waals surface area contributed by atoms with Gasteiger partial charge in [-0.1, -0.05) is 19.1 Å². The lowest BCUT2D eigenvalue weighted by Gasteiger charge is -2.20. The first-order chi connectivity index (χ1) is 13.6. The minimum atomic E-state index is -0.310. The molecule has 1 unspecified atom stereocenters. The molecule has 160 valence electrons. The fourth-order valence-electron chi connectivity index (χ4n) is 2.69. The van der Waals surface area contributed by atoms with Crippen LogP contribution in [0.4, 0.5) is 4.39 Å². The average Bonchev–Trinajstić information content (AvgIpc) is 2.70. The first kappa shape index (κ1) is 24.9. The Kier molecular flexibility index (Phi) is 12.0. The van der Waals surface area contributed by atoms with Crippen LogP contribution in [-0.2, 0) is 6.54 Å². The molecule has 6 nitrogen and oxygen atoms in total. The largest absolute Gasteiger partial charge is 0.489 e. The predicted molar refractivity (Wildman–Crippen MR) is 126 cm³/mol. The van der Waals surface area contributed by atoms with Crippen molar-refractivity contribution in [3.8, 4) is 5.75 Å². The summed E-state index contributed by atoms with van der Waals surface area (Å²) < 4.78 is 20.8. The van der Waals surface area contributed by atoms with E-state index >= 15 is 0 Å². The van der Waals surface area contributed by atoms with E-state index < -0.39 is 0 Å². The molecule has 1 aromatic heterocycles. The summed E-state index contributed by atoms with van der Waals surface area (Å²) >= 11 is 0. The number of ether oxygens (including phenoxy) is 1. The van der Waals surface area contributed by atoms with Crippen LogP contribution in [0.5, 0.6) is 5.75 Å². The molecule has 0 radical (unpaired) electrons. The van der Waals surface area contributed by atoms with E-state index in [1.54, 1.807) is 42.1 Å². The highest BCUT2D eigenvalue weighted by molar-refractivity contribution is 14.0. The first-order valence-corrected chi connectivity index (χ1v) is 9.64. The molecule has 0 fully saturated rings. The summed E-state index contributed by atoms with van der Waals surface area (Å²) in [7, 11) is 1.72. The third-order valence-corrected chi connectivity index (χ3v) is 4.29. The summed E-state index contributed by atoms with van der Waals surface area (Å²) in [5.41, 5.74) is 0.0249. The summed E-state index contributed by atoms with van der Waals surface area (Å²) in [4.78, 5) is 15.9. The van der Waals surface area contributed by atoms with Crippen molar-refractivity contribution < 1.29 is 9.13 Å². The second kappa shape index (κ2) is 14.0. The van der Waals surface area contributed by atoms with Crippen LogP contribution in [0.15, 0.2) is 58.4 Å². The quantitative estimate of drug-likeness (QED) is 0.220. The molecule has 0 amide bonds. The molecule has 1 atom stereocenters. The van der Waals surface area contributed by atoms with Crippen molar-refractivity contribution in [2.45, 2.75) is 38.8 Å². The Bertz CT molecular complexity index is 813. The van der Waals surface area contributed by atoms with Crippen LogP contribution < -0.4 is 20.9 Å². The molecular weight excluding hydrogens is 486 g/mol. The highest BCUT2D eigenvalue weighted by Crippen LogP contribution is 2.14. The number of benzene rings is 1. The number of pyridine rings is 1. The fourth-order valence-corrected chi connectivity index (χ4v) is 2.69. The van der Waals surface area contributed by atoms with Crippen LogP contribution in [0.25, 0.3) is 0 Å². The first-order valence-electron chi connectivity index (χ1n) is 9.64. The van der Waals surface area contributed by atoms with Crippen molar-refractivity contribution >= 4 is 29.9 Å². The normalized spacial score (nSPS) is 12.0. The van der Waals surface area contributed by atoms with Gasteiger partial charge in [0.25, 0.3) is 0 Å². The molecule has 2 aromatic rings. The van der Waals surface area contributed by atoms with Gasteiger partial charge in [-0.15, -0.1) is 24.0 Å². The number of halogens is 2. The highest BCUT2D eigenvalue weighted by atomic mass is 127. The number of aryl methyl sites for hydroxylation is 1. The molecular formula is C21H30FIN4O2. The lowest BCUT2D eigenvalue weighted by Crippen LogP contribution is -2.42. The Morgan fingerprint density at radius 1 is 1.21 bits per heavy atom. The fraction of sp³-hybridized carbons (Fsp3) is 0.429. The maximum Gasteiger partial charge on any atom is 0.250 e. The molecule has 0 aliphatic carbocycles. The third kappa shape index (κ3) is 9.29. The van der Waals surface area contributed by atoms with E-state index in [0.717, 1.165) is 25.8 Å². The van der Waals surface area contributed by atoms with Gasteiger partial charge in [0.1, 0.15) is 17.7 Å². The Labute approximate surface area is 188 Å². The second-order valence-corrected chi connectivity index (χ2v) is 6.42. The number of rotatable bonds is 10. The van der Waals surface area contributed by atoms with E-state index in [-0.39, 0.29) is 41.5 Å². The van der Waals surface area contributed by atoms with Crippen molar-refractivity contribution in [3.05, 3.63) is 64.8 Å². The van der Waals surface area contributed by atoms with Gasteiger partial charge in [0.15, 0.2) is 5.96 Å². The maximum atomic E-state index is 13.3. The van der Waals surface area contributed by atoms with Gasteiger partial charge in [0.05, 0.1) is 6.54 Å². The number of hydrogen-bond donors (Lipinski definition) is 2. The SMILES string of the molecule is CCC(CNC(=NC)NCCCCn1ccccc1=O)Oc1cccc(F)c1.I. The highest BCUT2D eigenvalue weighted by Gasteiger charge is 2.10. The Balaban J connectivity index is 0.00000420. The second-order valence-electron chi connectivity index (χ2n) is 6.42. The van der Waals surface area contributed by atoms with Crippen molar-refractivity contribution in [1.29, 1.82) is 0 Å². The van der Waals surface area contributed by atoms with Crippen molar-refractivity contribution in [1.82, 2.24) is 15.2 Å². The average molecular weight is 516 g/mol. The Morgan fingerprint density at radius 3 is 2.72 bits per heavy atom. The zero-order valence-corrected chi connectivity index (χ0v) is 19.3. The maximum absolute atomic E-state index is 13.3. The summed E-state index contributed by atoms with van der Waals surface area (Å²) in [6.07, 6.45) is 4.31. The van der Waals surface area contributed by atoms with Gasteiger partial charge in [0.2, 0.25) is 5.56 Å². The van der Waals surface area contributed by atoms with Gasteiger partial charge in [-0.25, -0.2) is 4.39 Å². The number of nitrogens with zero attached hydrogens (tertiary/aromatic N) is 2. The minimum absolute atomic E-state index is 0. The van der Waals surface area contributed by atoms with E-state index in [2.05, 4.69) is 15.6 Å². The predicted octanol–water partition coefficient (Wildman–Crippen LogP) is 3.41. The Morgan fingerprint density at radius 2 is 2.03 bits per heavy atom. The molecule has 8 heteroatoms. The number of aromatic nitrogens is 1. The van der Waals surface area contributed by atoms with E-state index in [9.17, 15) is 9.18 Å². The molecule has 0 saturated carbocycles. The molecule has 1 aromatic carbocycles. The molecule has 2 rings (SSSR count). The summed E-state index contributed by atoms with van der Waals surface area (Å²) in [6, 6.07) is 11.3. The van der Waals surface area contributed by atoms with E-state index in [4.69, 9.17) is 4.74 Å². The Hall–Kier alpha value is -2.10. The molecule has 29 heavy (non-hydrogen) atoms. The van der Waals surface area contributed by atoms with E-state index in [1.165, 1.54) is 12.1 Å². The van der Waals surface area contributed by atoms with Crippen LogP contribution in [0.1, 0.15) is 26.2 Å². The number of nitrogens with one attached hydrogen (secondary N) is 2. The van der Waals surface area contributed by atoms with Gasteiger partial charge in [-0.2, -0.15) is 0 Å². The lowest BCUT2D eigenvalue weighted by atomic mass is 10.2. The summed E-state index contributed by atoms with van der Waals surface area (Å²) in [5.74, 6) is 0.904. The van der Waals surface area contributed by atoms with E-state index in [0.29, 0.717) is 24.8 Å². The van der Waals surface area contributed by atoms with Crippen LogP contribution >= 0.6 is 24.0 Å². The number of guanidine groups is 1. The van der Waals surface area contributed by atoms with Crippen LogP contribution in [0, 0.1) is 5.82 Å². The van der Waals surface area contributed by atoms with Crippen LogP contribution in [-0.4, -0.2) is 36.8 Å². The summed E-state index contributed by atoms with van der Waals surface area (Å²) in [5, 5.41) is 6.50. The van der Waals surface area contributed by atoms with Crippen molar-refractivity contribution in [2.24, 2.45) is 4.99 Å². The molecule has 0 saturated heterocycles. The zero-order chi connectivity index (χ0) is 20.2. The molecule has 0 bridgehead atoms. The zero-order valence-electron chi connectivity index (χ0n) is 16.9. The topological polar surface area (TPSA) is 67.7 Å². The smallest absolute Gasteiger partial charge is 0.250 e. The van der Waals surface area contributed by atoms with Gasteiger partial charge in [0, 0.05) is 38.5 Å². The number of unbranched alkanes of at least 4 members (excludes halogenated alkanes) is 1. The molecule has 2 N–H and O–H groups in total.